The molecular formula is C23H26N4O3. The molecule has 0 amide bonds. The van der Waals surface area contributed by atoms with Gasteiger partial charge in [0.25, 0.3) is 5.56 Å². The van der Waals surface area contributed by atoms with Crippen LogP contribution in [0.25, 0.3) is 11.5 Å². The SMILES string of the molecule is CCOc1cccc(CN2CCC[C@H](c3cc(=O)[nH]c(-c4ccccn4)n3)C2)c1O. The van der Waals surface area contributed by atoms with E-state index in [2.05, 4.69) is 14.9 Å². The second kappa shape index (κ2) is 9.09. The predicted molar refractivity (Wildman–Crippen MR) is 115 cm³/mol. The lowest BCUT2D eigenvalue weighted by atomic mass is 9.94. The lowest BCUT2D eigenvalue weighted by Gasteiger charge is -2.32. The van der Waals surface area contributed by atoms with Gasteiger partial charge in [0.2, 0.25) is 0 Å². The molecule has 1 atom stereocenters. The molecule has 1 aromatic carbocycles. The van der Waals surface area contributed by atoms with E-state index in [0.717, 1.165) is 37.2 Å². The van der Waals surface area contributed by atoms with Crippen molar-refractivity contribution >= 4 is 0 Å². The molecule has 3 aromatic rings. The number of aromatic amines is 1. The van der Waals surface area contributed by atoms with E-state index in [0.29, 0.717) is 30.4 Å². The fourth-order valence-corrected chi connectivity index (χ4v) is 3.96. The summed E-state index contributed by atoms with van der Waals surface area (Å²) in [5.41, 5.74) is 2.12. The monoisotopic (exact) mass is 406 g/mol. The van der Waals surface area contributed by atoms with Gasteiger partial charge < -0.3 is 14.8 Å². The fraction of sp³-hybridized carbons (Fsp3) is 0.348. The number of rotatable bonds is 6. The van der Waals surface area contributed by atoms with Gasteiger partial charge in [0.15, 0.2) is 17.3 Å². The summed E-state index contributed by atoms with van der Waals surface area (Å²) < 4.78 is 5.50. The van der Waals surface area contributed by atoms with E-state index in [-0.39, 0.29) is 17.2 Å². The zero-order valence-corrected chi connectivity index (χ0v) is 17.0. The van der Waals surface area contributed by atoms with Crippen molar-refractivity contribution in [2.24, 2.45) is 0 Å². The number of phenolic OH excluding ortho intramolecular Hbond substituents is 1. The molecule has 156 valence electrons. The lowest BCUT2D eigenvalue weighted by Crippen LogP contribution is -2.34. The van der Waals surface area contributed by atoms with Crippen molar-refractivity contribution in [3.63, 3.8) is 0 Å². The van der Waals surface area contributed by atoms with Gasteiger partial charge in [-0.2, -0.15) is 0 Å². The molecule has 0 aliphatic carbocycles. The average molecular weight is 406 g/mol. The van der Waals surface area contributed by atoms with Crippen LogP contribution >= 0.6 is 0 Å². The minimum atomic E-state index is -0.167. The molecule has 0 radical (unpaired) electrons. The summed E-state index contributed by atoms with van der Waals surface area (Å²) in [7, 11) is 0. The Morgan fingerprint density at radius 3 is 2.97 bits per heavy atom. The van der Waals surface area contributed by atoms with Gasteiger partial charge in [0, 0.05) is 36.8 Å². The summed E-state index contributed by atoms with van der Waals surface area (Å²) in [6.45, 7) is 4.74. The summed E-state index contributed by atoms with van der Waals surface area (Å²) >= 11 is 0. The zero-order valence-electron chi connectivity index (χ0n) is 17.0. The van der Waals surface area contributed by atoms with Crippen molar-refractivity contribution in [2.75, 3.05) is 19.7 Å². The van der Waals surface area contributed by atoms with Crippen molar-refractivity contribution in [3.05, 3.63) is 70.3 Å². The smallest absolute Gasteiger partial charge is 0.251 e. The number of pyridine rings is 1. The van der Waals surface area contributed by atoms with Gasteiger partial charge in [-0.3, -0.25) is 14.7 Å². The third-order valence-electron chi connectivity index (χ3n) is 5.37. The van der Waals surface area contributed by atoms with Crippen molar-refractivity contribution in [1.82, 2.24) is 19.9 Å². The number of piperidine rings is 1. The molecule has 0 spiro atoms. The number of ether oxygens (including phenoxy) is 1. The van der Waals surface area contributed by atoms with Crippen LogP contribution in [0.5, 0.6) is 11.5 Å². The first-order chi connectivity index (χ1) is 14.6. The van der Waals surface area contributed by atoms with Crippen LogP contribution in [-0.4, -0.2) is 44.7 Å². The number of aromatic hydroxyl groups is 1. The topological polar surface area (TPSA) is 91.3 Å². The molecule has 30 heavy (non-hydrogen) atoms. The first kappa shape index (κ1) is 20.1. The van der Waals surface area contributed by atoms with Gasteiger partial charge in [-0.25, -0.2) is 4.98 Å². The highest BCUT2D eigenvalue weighted by Crippen LogP contribution is 2.33. The Morgan fingerprint density at radius 2 is 2.17 bits per heavy atom. The summed E-state index contributed by atoms with van der Waals surface area (Å²) in [5.74, 6) is 1.37. The van der Waals surface area contributed by atoms with Gasteiger partial charge in [0.05, 0.1) is 12.3 Å². The number of hydrogen-bond acceptors (Lipinski definition) is 6. The first-order valence-electron chi connectivity index (χ1n) is 10.3. The highest BCUT2D eigenvalue weighted by Gasteiger charge is 2.24. The maximum absolute atomic E-state index is 12.3. The van der Waals surface area contributed by atoms with Gasteiger partial charge >= 0.3 is 0 Å². The summed E-state index contributed by atoms with van der Waals surface area (Å²) in [6.07, 6.45) is 3.66. The Balaban J connectivity index is 1.53. The fourth-order valence-electron chi connectivity index (χ4n) is 3.96. The molecule has 0 bridgehead atoms. The predicted octanol–water partition coefficient (Wildman–Crippen LogP) is 3.32. The van der Waals surface area contributed by atoms with E-state index < -0.39 is 0 Å². The Hall–Kier alpha value is -3.19. The number of likely N-dealkylation sites (tertiary alicyclic amines) is 1. The molecule has 0 saturated carbocycles. The van der Waals surface area contributed by atoms with Crippen molar-refractivity contribution in [1.29, 1.82) is 0 Å². The zero-order chi connectivity index (χ0) is 20.9. The van der Waals surface area contributed by atoms with Crippen LogP contribution in [0.2, 0.25) is 0 Å². The van der Waals surface area contributed by atoms with E-state index in [1.807, 2.05) is 37.3 Å². The van der Waals surface area contributed by atoms with E-state index >= 15 is 0 Å². The van der Waals surface area contributed by atoms with Crippen molar-refractivity contribution < 1.29 is 9.84 Å². The molecule has 1 saturated heterocycles. The molecule has 0 unspecified atom stereocenters. The molecule has 4 rings (SSSR count). The Morgan fingerprint density at radius 1 is 1.27 bits per heavy atom. The Kier molecular flexibility index (Phi) is 6.09. The number of benzene rings is 1. The molecule has 1 aliphatic heterocycles. The average Bonchev–Trinajstić information content (AvgIpc) is 2.77. The molecule has 3 heterocycles. The van der Waals surface area contributed by atoms with Gasteiger partial charge in [0.1, 0.15) is 5.69 Å². The minimum absolute atomic E-state index is 0.153. The normalized spacial score (nSPS) is 17.0. The number of hydrogen-bond donors (Lipinski definition) is 2. The molecule has 2 N–H and O–H groups in total. The van der Waals surface area contributed by atoms with Crippen LogP contribution in [0.4, 0.5) is 0 Å². The van der Waals surface area contributed by atoms with E-state index in [4.69, 9.17) is 9.72 Å². The lowest BCUT2D eigenvalue weighted by molar-refractivity contribution is 0.196. The molecular weight excluding hydrogens is 380 g/mol. The van der Waals surface area contributed by atoms with Crippen LogP contribution in [-0.2, 0) is 6.54 Å². The van der Waals surface area contributed by atoms with E-state index in [1.54, 1.807) is 18.3 Å². The van der Waals surface area contributed by atoms with Crippen molar-refractivity contribution in [2.45, 2.75) is 32.2 Å². The Bertz CT molecular complexity index is 1050. The summed E-state index contributed by atoms with van der Waals surface area (Å²) in [5, 5.41) is 10.5. The number of aromatic nitrogens is 3. The van der Waals surface area contributed by atoms with Crippen LogP contribution in [0.1, 0.15) is 36.9 Å². The molecule has 2 aromatic heterocycles. The summed E-state index contributed by atoms with van der Waals surface area (Å²) in [4.78, 5) is 26.4. The van der Waals surface area contributed by atoms with E-state index in [1.165, 1.54) is 0 Å². The second-order valence-electron chi connectivity index (χ2n) is 7.51. The number of H-pyrrole nitrogens is 1. The second-order valence-corrected chi connectivity index (χ2v) is 7.51. The van der Waals surface area contributed by atoms with E-state index in [9.17, 15) is 9.90 Å². The highest BCUT2D eigenvalue weighted by molar-refractivity contribution is 5.48. The third-order valence-corrected chi connectivity index (χ3v) is 5.37. The number of phenols is 1. The molecule has 7 heteroatoms. The highest BCUT2D eigenvalue weighted by atomic mass is 16.5. The van der Waals surface area contributed by atoms with Gasteiger partial charge in [-0.05, 0) is 44.5 Å². The largest absolute Gasteiger partial charge is 0.504 e. The number of para-hydroxylation sites is 1. The number of nitrogens with one attached hydrogen (secondary N) is 1. The summed E-state index contributed by atoms with van der Waals surface area (Å²) in [6, 6.07) is 12.7. The van der Waals surface area contributed by atoms with Crippen LogP contribution in [0.15, 0.2) is 53.5 Å². The van der Waals surface area contributed by atoms with Crippen molar-refractivity contribution in [3.8, 4) is 23.0 Å². The van der Waals surface area contributed by atoms with Gasteiger partial charge in [-0.1, -0.05) is 18.2 Å². The number of nitrogens with zero attached hydrogens (tertiary/aromatic N) is 3. The minimum Gasteiger partial charge on any atom is -0.504 e. The van der Waals surface area contributed by atoms with Crippen LogP contribution in [0, 0.1) is 0 Å². The van der Waals surface area contributed by atoms with Crippen LogP contribution < -0.4 is 10.3 Å². The van der Waals surface area contributed by atoms with Crippen LogP contribution in [0.3, 0.4) is 0 Å². The standard InChI is InChI=1S/C23H26N4O3/c1-2-30-20-10-5-7-17(22(20)29)15-27-12-6-8-16(14-27)19-13-21(28)26-23(25-19)18-9-3-4-11-24-18/h3-5,7,9-11,13,16,29H,2,6,8,12,14-15H2,1H3,(H,25,26,28)/t16-/m0/s1. The molecule has 7 nitrogen and oxygen atoms in total. The maximum Gasteiger partial charge on any atom is 0.251 e. The molecule has 1 fully saturated rings. The molecule has 1 aliphatic rings. The van der Waals surface area contributed by atoms with Gasteiger partial charge in [-0.15, -0.1) is 0 Å². The Labute approximate surface area is 175 Å². The first-order valence-corrected chi connectivity index (χ1v) is 10.3. The third kappa shape index (κ3) is 4.52. The maximum atomic E-state index is 12.3. The quantitative estimate of drug-likeness (QED) is 0.653.